The summed E-state index contributed by atoms with van der Waals surface area (Å²) in [5, 5.41) is 3.44. The lowest BCUT2D eigenvalue weighted by Gasteiger charge is -2.28. The minimum absolute atomic E-state index is 0.229. The Morgan fingerprint density at radius 2 is 1.86 bits per heavy atom. The van der Waals surface area contributed by atoms with Gasteiger partial charge in [-0.25, -0.2) is 0 Å². The lowest BCUT2D eigenvalue weighted by atomic mass is 9.89. The van der Waals surface area contributed by atoms with E-state index >= 15 is 0 Å². The van der Waals surface area contributed by atoms with Gasteiger partial charge in [-0.1, -0.05) is 32.0 Å². The Balaban J connectivity index is 2.02. The van der Waals surface area contributed by atoms with Crippen LogP contribution in [0, 0.1) is 0 Å². The standard InChI is InChI=1S/C18H30N2O/c1-4-20(5-2)14-15(3)21-18-9-7-6-8-17(18)16-10-12-19-13-11-16/h6-9,15-16,19H,4-5,10-14H2,1-3H3. The van der Waals surface area contributed by atoms with Gasteiger partial charge in [0.25, 0.3) is 0 Å². The molecule has 3 heteroatoms. The Bertz CT molecular complexity index is 411. The van der Waals surface area contributed by atoms with Crippen molar-refractivity contribution in [3.63, 3.8) is 0 Å². The molecule has 2 rings (SSSR count). The second-order valence-electron chi connectivity index (χ2n) is 5.98. The summed E-state index contributed by atoms with van der Waals surface area (Å²) < 4.78 is 6.27. The van der Waals surface area contributed by atoms with Crippen LogP contribution in [-0.2, 0) is 0 Å². The summed E-state index contributed by atoms with van der Waals surface area (Å²) in [5.41, 5.74) is 1.39. The number of nitrogens with zero attached hydrogens (tertiary/aromatic N) is 1. The molecule has 1 fully saturated rings. The van der Waals surface area contributed by atoms with E-state index in [1.54, 1.807) is 0 Å². The molecule has 1 heterocycles. The number of hydrogen-bond acceptors (Lipinski definition) is 3. The highest BCUT2D eigenvalue weighted by atomic mass is 16.5. The van der Waals surface area contributed by atoms with E-state index in [1.807, 2.05) is 0 Å². The van der Waals surface area contributed by atoms with Crippen LogP contribution in [0.25, 0.3) is 0 Å². The maximum absolute atomic E-state index is 6.27. The zero-order valence-electron chi connectivity index (χ0n) is 13.8. The van der Waals surface area contributed by atoms with Gasteiger partial charge in [0.1, 0.15) is 11.9 Å². The first-order valence-corrected chi connectivity index (χ1v) is 8.43. The third-order valence-corrected chi connectivity index (χ3v) is 4.44. The smallest absolute Gasteiger partial charge is 0.123 e. The zero-order chi connectivity index (χ0) is 15.1. The van der Waals surface area contributed by atoms with Crippen LogP contribution in [0.2, 0.25) is 0 Å². The molecule has 1 aliphatic rings. The van der Waals surface area contributed by atoms with E-state index in [0.29, 0.717) is 5.92 Å². The van der Waals surface area contributed by atoms with E-state index in [1.165, 1.54) is 18.4 Å². The molecule has 118 valence electrons. The Labute approximate surface area is 129 Å². The van der Waals surface area contributed by atoms with Gasteiger partial charge >= 0.3 is 0 Å². The summed E-state index contributed by atoms with van der Waals surface area (Å²) >= 11 is 0. The second-order valence-corrected chi connectivity index (χ2v) is 5.98. The van der Waals surface area contributed by atoms with Crippen LogP contribution in [0.1, 0.15) is 45.1 Å². The van der Waals surface area contributed by atoms with Gasteiger partial charge in [0, 0.05) is 6.54 Å². The lowest BCUT2D eigenvalue weighted by Crippen LogP contribution is -2.34. The predicted molar refractivity (Wildman–Crippen MR) is 89.2 cm³/mol. The van der Waals surface area contributed by atoms with E-state index < -0.39 is 0 Å². The van der Waals surface area contributed by atoms with Gasteiger partial charge in [-0.3, -0.25) is 0 Å². The number of para-hydroxylation sites is 1. The van der Waals surface area contributed by atoms with Crippen molar-refractivity contribution in [3.8, 4) is 5.75 Å². The summed E-state index contributed by atoms with van der Waals surface area (Å²) in [7, 11) is 0. The molecule has 0 spiro atoms. The highest BCUT2D eigenvalue weighted by Gasteiger charge is 2.20. The van der Waals surface area contributed by atoms with E-state index in [2.05, 4.69) is 55.3 Å². The van der Waals surface area contributed by atoms with Crippen molar-refractivity contribution in [2.75, 3.05) is 32.7 Å². The molecule has 1 aliphatic heterocycles. The number of ether oxygens (including phenoxy) is 1. The average molecular weight is 290 g/mol. The molecule has 1 saturated heterocycles. The molecular weight excluding hydrogens is 260 g/mol. The summed E-state index contributed by atoms with van der Waals surface area (Å²) in [5.74, 6) is 1.73. The van der Waals surface area contributed by atoms with Crippen LogP contribution in [0.15, 0.2) is 24.3 Å². The predicted octanol–water partition coefficient (Wildman–Crippen LogP) is 3.26. The maximum atomic E-state index is 6.27. The third kappa shape index (κ3) is 4.72. The number of nitrogens with one attached hydrogen (secondary N) is 1. The van der Waals surface area contributed by atoms with Crippen molar-refractivity contribution in [2.24, 2.45) is 0 Å². The molecule has 21 heavy (non-hydrogen) atoms. The first-order chi connectivity index (χ1) is 10.2. The molecule has 0 saturated carbocycles. The molecule has 3 nitrogen and oxygen atoms in total. The van der Waals surface area contributed by atoms with Crippen LogP contribution in [0.5, 0.6) is 5.75 Å². The first-order valence-electron chi connectivity index (χ1n) is 8.43. The largest absolute Gasteiger partial charge is 0.489 e. The minimum atomic E-state index is 0.229. The molecule has 0 radical (unpaired) electrons. The van der Waals surface area contributed by atoms with E-state index in [-0.39, 0.29) is 6.10 Å². The molecule has 1 unspecified atom stereocenters. The SMILES string of the molecule is CCN(CC)CC(C)Oc1ccccc1C1CCNCC1. The highest BCUT2D eigenvalue weighted by molar-refractivity contribution is 5.36. The van der Waals surface area contributed by atoms with Crippen molar-refractivity contribution in [2.45, 2.75) is 45.6 Å². The van der Waals surface area contributed by atoms with Gasteiger partial charge in [0.05, 0.1) is 0 Å². The molecule has 0 aromatic heterocycles. The lowest BCUT2D eigenvalue weighted by molar-refractivity contribution is 0.151. The van der Waals surface area contributed by atoms with Crippen LogP contribution in [0.3, 0.4) is 0 Å². The van der Waals surface area contributed by atoms with Crippen molar-refractivity contribution >= 4 is 0 Å². The minimum Gasteiger partial charge on any atom is -0.489 e. The van der Waals surface area contributed by atoms with Gasteiger partial charge in [-0.15, -0.1) is 0 Å². The van der Waals surface area contributed by atoms with Crippen LogP contribution in [0.4, 0.5) is 0 Å². The number of likely N-dealkylation sites (N-methyl/N-ethyl adjacent to an activating group) is 1. The summed E-state index contributed by atoms with van der Waals surface area (Å²) in [6.07, 6.45) is 2.66. The van der Waals surface area contributed by atoms with Crippen LogP contribution >= 0.6 is 0 Å². The molecular formula is C18H30N2O. The first kappa shape index (κ1) is 16.3. The average Bonchev–Trinajstić information content (AvgIpc) is 2.54. The fourth-order valence-electron chi connectivity index (χ4n) is 3.16. The highest BCUT2D eigenvalue weighted by Crippen LogP contribution is 2.32. The van der Waals surface area contributed by atoms with Gasteiger partial charge < -0.3 is 15.0 Å². The van der Waals surface area contributed by atoms with Crippen molar-refractivity contribution in [3.05, 3.63) is 29.8 Å². The Kier molecular flexibility index (Phi) is 6.52. The van der Waals surface area contributed by atoms with Gasteiger partial charge in [0.15, 0.2) is 0 Å². The van der Waals surface area contributed by atoms with Gasteiger partial charge in [0.2, 0.25) is 0 Å². The third-order valence-electron chi connectivity index (χ3n) is 4.44. The summed E-state index contributed by atoms with van der Waals surface area (Å²) in [6, 6.07) is 8.61. The molecule has 1 atom stereocenters. The molecule has 0 aliphatic carbocycles. The molecule has 0 amide bonds. The molecule has 0 bridgehead atoms. The van der Waals surface area contributed by atoms with Gasteiger partial charge in [-0.05, 0) is 63.5 Å². The normalized spacial score (nSPS) is 17.9. The fourth-order valence-corrected chi connectivity index (χ4v) is 3.16. The number of benzene rings is 1. The second kappa shape index (κ2) is 8.40. The Morgan fingerprint density at radius 3 is 2.52 bits per heavy atom. The van der Waals surface area contributed by atoms with Crippen LogP contribution in [-0.4, -0.2) is 43.7 Å². The fraction of sp³-hybridized carbons (Fsp3) is 0.667. The van der Waals surface area contributed by atoms with E-state index in [4.69, 9.17) is 4.74 Å². The molecule has 1 aromatic rings. The molecule has 1 aromatic carbocycles. The van der Waals surface area contributed by atoms with Crippen LogP contribution < -0.4 is 10.1 Å². The number of rotatable bonds is 7. The topological polar surface area (TPSA) is 24.5 Å². The Hall–Kier alpha value is -1.06. The maximum Gasteiger partial charge on any atom is 0.123 e. The monoisotopic (exact) mass is 290 g/mol. The van der Waals surface area contributed by atoms with Gasteiger partial charge in [-0.2, -0.15) is 0 Å². The van der Waals surface area contributed by atoms with E-state index in [0.717, 1.165) is 38.5 Å². The quantitative estimate of drug-likeness (QED) is 0.834. The van der Waals surface area contributed by atoms with Crippen molar-refractivity contribution in [1.29, 1.82) is 0 Å². The van der Waals surface area contributed by atoms with Crippen molar-refractivity contribution in [1.82, 2.24) is 10.2 Å². The molecule has 1 N–H and O–H groups in total. The summed E-state index contributed by atoms with van der Waals surface area (Å²) in [4.78, 5) is 2.41. The zero-order valence-corrected chi connectivity index (χ0v) is 13.8. The summed E-state index contributed by atoms with van der Waals surface area (Å²) in [6.45, 7) is 12.0. The number of hydrogen-bond donors (Lipinski definition) is 1. The van der Waals surface area contributed by atoms with E-state index in [9.17, 15) is 0 Å². The number of piperidine rings is 1. The Morgan fingerprint density at radius 1 is 1.19 bits per heavy atom. The van der Waals surface area contributed by atoms with Crippen molar-refractivity contribution < 1.29 is 4.74 Å².